The van der Waals surface area contributed by atoms with Crippen LogP contribution in [0.2, 0.25) is 0 Å². The topological polar surface area (TPSA) is 85.3 Å². The molecule has 1 amide bonds. The number of aliphatic carboxylic acids is 1. The highest BCUT2D eigenvalue weighted by molar-refractivity contribution is 5.99. The Kier molecular flexibility index (Phi) is 4.71. The van der Waals surface area contributed by atoms with Crippen LogP contribution in [-0.4, -0.2) is 61.4 Å². The first-order chi connectivity index (χ1) is 11.6. The summed E-state index contributed by atoms with van der Waals surface area (Å²) in [7, 11) is 1.56. The van der Waals surface area contributed by atoms with Crippen LogP contribution in [0.25, 0.3) is 6.08 Å². The van der Waals surface area contributed by atoms with Crippen molar-refractivity contribution in [2.24, 2.45) is 0 Å². The molecular formula is C17H19NO6. The third-order valence-corrected chi connectivity index (χ3v) is 4.10. The van der Waals surface area contributed by atoms with E-state index >= 15 is 0 Å². The number of methoxy groups -OCH3 is 1. The van der Waals surface area contributed by atoms with Gasteiger partial charge in [-0.15, -0.1) is 0 Å². The van der Waals surface area contributed by atoms with Gasteiger partial charge in [-0.1, -0.05) is 12.1 Å². The van der Waals surface area contributed by atoms with E-state index in [-0.39, 0.29) is 25.5 Å². The molecule has 1 aromatic carbocycles. The van der Waals surface area contributed by atoms with Crippen molar-refractivity contribution in [2.75, 3.05) is 33.5 Å². The van der Waals surface area contributed by atoms with Gasteiger partial charge in [-0.25, -0.2) is 0 Å². The number of hydrogen-bond donors (Lipinski definition) is 1. The highest BCUT2D eigenvalue weighted by Crippen LogP contribution is 2.36. The Morgan fingerprint density at radius 3 is 3.00 bits per heavy atom. The lowest BCUT2D eigenvalue weighted by Crippen LogP contribution is -2.50. The number of carbonyl (C=O) groups excluding carboxylic acids is 1. The van der Waals surface area contributed by atoms with Gasteiger partial charge >= 0.3 is 5.97 Å². The molecule has 0 spiro atoms. The van der Waals surface area contributed by atoms with Crippen LogP contribution in [0.15, 0.2) is 23.8 Å². The van der Waals surface area contributed by atoms with Gasteiger partial charge in [-0.05, 0) is 12.1 Å². The molecule has 1 aromatic rings. The number of benzene rings is 1. The number of carboxylic acid groups (broad SMARTS) is 1. The van der Waals surface area contributed by atoms with Crippen LogP contribution in [0, 0.1) is 0 Å². The second-order valence-corrected chi connectivity index (χ2v) is 5.66. The number of nitrogens with zero attached hydrogens (tertiary/aromatic N) is 1. The molecule has 0 aliphatic carbocycles. The number of fused-ring (bicyclic) bond motifs is 1. The van der Waals surface area contributed by atoms with Gasteiger partial charge in [0.1, 0.15) is 6.61 Å². The Bertz CT molecular complexity index is 684. The predicted octanol–water partition coefficient (Wildman–Crippen LogP) is 1.17. The molecular weight excluding hydrogens is 314 g/mol. The molecule has 0 saturated carbocycles. The molecule has 0 unspecified atom stereocenters. The van der Waals surface area contributed by atoms with Crippen molar-refractivity contribution in [3.63, 3.8) is 0 Å². The zero-order valence-electron chi connectivity index (χ0n) is 13.4. The number of amides is 1. The summed E-state index contributed by atoms with van der Waals surface area (Å²) in [6.07, 6.45) is 1.64. The first kappa shape index (κ1) is 16.3. The maximum Gasteiger partial charge on any atom is 0.305 e. The summed E-state index contributed by atoms with van der Waals surface area (Å²) in [5, 5.41) is 9.02. The molecule has 1 N–H and O–H groups in total. The minimum absolute atomic E-state index is 0.128. The quantitative estimate of drug-likeness (QED) is 0.890. The fourth-order valence-electron chi connectivity index (χ4n) is 2.94. The zero-order valence-corrected chi connectivity index (χ0v) is 13.4. The summed E-state index contributed by atoms with van der Waals surface area (Å²) in [5.41, 5.74) is 1.26. The minimum atomic E-state index is -0.952. The molecule has 2 aliphatic rings. The van der Waals surface area contributed by atoms with Crippen molar-refractivity contribution in [1.29, 1.82) is 0 Å². The molecule has 2 heterocycles. The van der Waals surface area contributed by atoms with Gasteiger partial charge in [-0.3, -0.25) is 9.59 Å². The number of carboxylic acids is 1. The minimum Gasteiger partial charge on any atom is -0.493 e. The smallest absolute Gasteiger partial charge is 0.305 e. The van der Waals surface area contributed by atoms with Gasteiger partial charge in [0.15, 0.2) is 11.5 Å². The molecule has 1 atom stereocenters. The summed E-state index contributed by atoms with van der Waals surface area (Å²) >= 11 is 0. The third kappa shape index (κ3) is 3.21. The van der Waals surface area contributed by atoms with Crippen molar-refractivity contribution in [3.05, 3.63) is 29.3 Å². The number of para-hydroxylation sites is 1. The van der Waals surface area contributed by atoms with Crippen molar-refractivity contribution in [1.82, 2.24) is 4.90 Å². The highest BCUT2D eigenvalue weighted by Gasteiger charge is 2.32. The van der Waals surface area contributed by atoms with E-state index in [0.29, 0.717) is 30.2 Å². The first-order valence-corrected chi connectivity index (χ1v) is 7.71. The van der Waals surface area contributed by atoms with Crippen molar-refractivity contribution in [2.45, 2.75) is 12.5 Å². The second kappa shape index (κ2) is 6.92. The number of ether oxygens (including phenoxy) is 3. The van der Waals surface area contributed by atoms with Gasteiger partial charge in [0.05, 0.1) is 38.4 Å². The highest BCUT2D eigenvalue weighted by atomic mass is 16.5. The predicted molar refractivity (Wildman–Crippen MR) is 85.0 cm³/mol. The van der Waals surface area contributed by atoms with Gasteiger partial charge in [0, 0.05) is 12.1 Å². The summed E-state index contributed by atoms with van der Waals surface area (Å²) in [6, 6.07) is 5.01. The Morgan fingerprint density at radius 1 is 1.42 bits per heavy atom. The molecule has 3 rings (SSSR count). The molecule has 128 valence electrons. The average molecular weight is 333 g/mol. The molecule has 7 nitrogen and oxygen atoms in total. The van der Waals surface area contributed by atoms with E-state index in [1.54, 1.807) is 24.2 Å². The second-order valence-electron chi connectivity index (χ2n) is 5.66. The fourth-order valence-corrected chi connectivity index (χ4v) is 2.94. The van der Waals surface area contributed by atoms with Crippen LogP contribution >= 0.6 is 0 Å². The number of hydrogen-bond acceptors (Lipinski definition) is 5. The first-order valence-electron chi connectivity index (χ1n) is 7.71. The fraction of sp³-hybridized carbons (Fsp3) is 0.412. The van der Waals surface area contributed by atoms with E-state index in [2.05, 4.69) is 0 Å². The van der Waals surface area contributed by atoms with Crippen molar-refractivity contribution >= 4 is 18.0 Å². The summed E-state index contributed by atoms with van der Waals surface area (Å²) in [5.74, 6) is 0.0660. The standard InChI is InChI=1S/C17H19NO6/c1-22-14-4-2-3-11-7-12(9-24-16(11)14)17(21)18-5-6-23-10-13(18)8-15(19)20/h2-4,7,13H,5-6,8-10H2,1H3,(H,19,20)/t13-/m0/s1. The van der Waals surface area contributed by atoms with E-state index in [1.165, 1.54) is 0 Å². The number of morpholine rings is 1. The Hall–Kier alpha value is -2.54. The van der Waals surface area contributed by atoms with Gasteiger partial charge in [0.25, 0.3) is 5.91 Å². The lowest BCUT2D eigenvalue weighted by molar-refractivity contribution is -0.144. The average Bonchev–Trinajstić information content (AvgIpc) is 2.60. The lowest BCUT2D eigenvalue weighted by atomic mass is 10.0. The van der Waals surface area contributed by atoms with E-state index in [4.69, 9.17) is 19.3 Å². The van der Waals surface area contributed by atoms with Gasteiger partial charge < -0.3 is 24.2 Å². The van der Waals surface area contributed by atoms with Crippen molar-refractivity contribution < 1.29 is 28.9 Å². The van der Waals surface area contributed by atoms with Crippen LogP contribution in [0.3, 0.4) is 0 Å². The number of carbonyl (C=O) groups is 2. The Labute approximate surface area is 139 Å². The van der Waals surface area contributed by atoms with Crippen LogP contribution in [0.1, 0.15) is 12.0 Å². The van der Waals surface area contributed by atoms with Crippen LogP contribution in [-0.2, 0) is 14.3 Å². The molecule has 1 saturated heterocycles. The molecule has 24 heavy (non-hydrogen) atoms. The van der Waals surface area contributed by atoms with E-state index in [9.17, 15) is 9.59 Å². The van der Waals surface area contributed by atoms with Crippen LogP contribution < -0.4 is 9.47 Å². The number of rotatable bonds is 4. The van der Waals surface area contributed by atoms with Crippen molar-refractivity contribution in [3.8, 4) is 11.5 Å². The third-order valence-electron chi connectivity index (χ3n) is 4.10. The maximum atomic E-state index is 12.8. The van der Waals surface area contributed by atoms with E-state index in [0.717, 1.165) is 5.56 Å². The van der Waals surface area contributed by atoms with E-state index < -0.39 is 12.0 Å². The molecule has 2 aliphatic heterocycles. The van der Waals surface area contributed by atoms with Crippen LogP contribution in [0.5, 0.6) is 11.5 Å². The monoisotopic (exact) mass is 333 g/mol. The summed E-state index contributed by atoms with van der Waals surface area (Å²) < 4.78 is 16.3. The summed E-state index contributed by atoms with van der Waals surface area (Å²) in [4.78, 5) is 25.4. The molecule has 0 radical (unpaired) electrons. The maximum absolute atomic E-state index is 12.8. The molecule has 7 heteroatoms. The Balaban J connectivity index is 1.84. The molecule has 1 fully saturated rings. The normalized spacial score (nSPS) is 19.8. The molecule has 0 bridgehead atoms. The van der Waals surface area contributed by atoms with E-state index in [1.807, 2.05) is 12.1 Å². The van der Waals surface area contributed by atoms with Crippen LogP contribution in [0.4, 0.5) is 0 Å². The lowest BCUT2D eigenvalue weighted by Gasteiger charge is -2.35. The summed E-state index contributed by atoms with van der Waals surface area (Å²) in [6.45, 7) is 1.14. The SMILES string of the molecule is COc1cccc2c1OCC(C(=O)N1CCOC[C@@H]1CC(=O)O)=C2. The largest absolute Gasteiger partial charge is 0.493 e. The Morgan fingerprint density at radius 2 is 2.25 bits per heavy atom. The van der Waals surface area contributed by atoms with Gasteiger partial charge in [-0.2, -0.15) is 0 Å². The van der Waals surface area contributed by atoms with Gasteiger partial charge in [0.2, 0.25) is 0 Å². The molecule has 0 aromatic heterocycles. The zero-order chi connectivity index (χ0) is 17.1.